The minimum Gasteiger partial charge on any atom is -0.352 e. The smallest absolute Gasteiger partial charge is 0.238 e. The van der Waals surface area contributed by atoms with Gasteiger partial charge in [0.2, 0.25) is 5.91 Å². The van der Waals surface area contributed by atoms with Crippen LogP contribution in [0, 0.1) is 11.8 Å². The summed E-state index contributed by atoms with van der Waals surface area (Å²) >= 11 is 6.39. The first-order valence-corrected chi connectivity index (χ1v) is 15.1. The molecular formula is C37H31ClN2O3. The first-order chi connectivity index (χ1) is 20.8. The number of benzene rings is 4. The molecule has 3 heterocycles. The van der Waals surface area contributed by atoms with E-state index >= 15 is 0 Å². The third-order valence-corrected chi connectivity index (χ3v) is 9.32. The summed E-state index contributed by atoms with van der Waals surface area (Å²) in [5, 5.41) is 3.65. The van der Waals surface area contributed by atoms with Crippen LogP contribution in [-0.2, 0) is 16.6 Å². The van der Waals surface area contributed by atoms with E-state index in [0.29, 0.717) is 27.8 Å². The molecule has 5 nitrogen and oxygen atoms in total. The highest BCUT2D eigenvalue weighted by molar-refractivity contribution is 6.31. The minimum atomic E-state index is -1.34. The first-order valence-electron chi connectivity index (χ1n) is 14.7. The van der Waals surface area contributed by atoms with Crippen molar-refractivity contribution >= 4 is 46.5 Å². The van der Waals surface area contributed by atoms with Gasteiger partial charge in [-0.15, -0.1) is 0 Å². The molecule has 6 heteroatoms. The molecule has 3 aliphatic rings. The zero-order valence-electron chi connectivity index (χ0n) is 24.0. The number of rotatable bonds is 6. The van der Waals surface area contributed by atoms with E-state index < -0.39 is 23.4 Å². The van der Waals surface area contributed by atoms with Gasteiger partial charge in [0.15, 0.2) is 11.6 Å². The van der Waals surface area contributed by atoms with E-state index in [9.17, 15) is 14.4 Å². The molecule has 4 aromatic carbocycles. The number of carbonyl (C=O) groups excluding carboxylic acids is 3. The van der Waals surface area contributed by atoms with Crippen molar-refractivity contribution in [2.24, 2.45) is 11.8 Å². The summed E-state index contributed by atoms with van der Waals surface area (Å²) in [4.78, 5) is 46.1. The Balaban J connectivity index is 1.49. The molecule has 1 spiro atoms. The van der Waals surface area contributed by atoms with Crippen molar-refractivity contribution in [1.82, 2.24) is 0 Å². The molecule has 0 bridgehead atoms. The first kappa shape index (κ1) is 27.4. The van der Waals surface area contributed by atoms with Gasteiger partial charge in [0.25, 0.3) is 0 Å². The largest absolute Gasteiger partial charge is 0.352 e. The van der Waals surface area contributed by atoms with Crippen molar-refractivity contribution in [2.45, 2.75) is 37.8 Å². The Hall–Kier alpha value is -4.48. The van der Waals surface area contributed by atoms with Crippen molar-refractivity contribution in [2.75, 3.05) is 10.2 Å². The van der Waals surface area contributed by atoms with Gasteiger partial charge in [0.05, 0.1) is 12.0 Å². The van der Waals surface area contributed by atoms with Crippen molar-refractivity contribution in [3.8, 4) is 0 Å². The van der Waals surface area contributed by atoms with Gasteiger partial charge in [-0.25, -0.2) is 0 Å². The summed E-state index contributed by atoms with van der Waals surface area (Å²) in [6.07, 6.45) is 4.81. The lowest BCUT2D eigenvalue weighted by Crippen LogP contribution is -2.51. The number of ketones is 2. The van der Waals surface area contributed by atoms with Gasteiger partial charge < -0.3 is 10.2 Å². The number of anilines is 2. The van der Waals surface area contributed by atoms with Crippen molar-refractivity contribution in [3.05, 3.63) is 136 Å². The molecule has 4 atom stereocenters. The third-order valence-electron chi connectivity index (χ3n) is 9.09. The van der Waals surface area contributed by atoms with Gasteiger partial charge in [-0.2, -0.15) is 0 Å². The van der Waals surface area contributed by atoms with E-state index in [0.717, 1.165) is 28.8 Å². The molecule has 1 saturated heterocycles. The van der Waals surface area contributed by atoms with E-state index in [4.69, 9.17) is 11.6 Å². The van der Waals surface area contributed by atoms with Crippen LogP contribution < -0.4 is 10.2 Å². The minimum absolute atomic E-state index is 0.203. The average Bonchev–Trinajstić information content (AvgIpc) is 3.49. The highest BCUT2D eigenvalue weighted by atomic mass is 35.5. The van der Waals surface area contributed by atoms with E-state index in [1.54, 1.807) is 18.2 Å². The molecule has 1 amide bonds. The van der Waals surface area contributed by atoms with Crippen LogP contribution in [0.25, 0.3) is 6.08 Å². The van der Waals surface area contributed by atoms with Gasteiger partial charge in [-0.1, -0.05) is 110 Å². The molecule has 0 radical (unpaired) electrons. The molecule has 43 heavy (non-hydrogen) atoms. The summed E-state index contributed by atoms with van der Waals surface area (Å²) in [5.41, 5.74) is 3.78. The second-order valence-electron chi connectivity index (χ2n) is 12.1. The summed E-state index contributed by atoms with van der Waals surface area (Å²) < 4.78 is 0. The molecule has 7 rings (SSSR count). The fourth-order valence-corrected chi connectivity index (χ4v) is 7.56. The van der Waals surface area contributed by atoms with Crippen LogP contribution in [0.4, 0.5) is 11.4 Å². The molecular weight excluding hydrogens is 556 g/mol. The Bertz CT molecular complexity index is 1800. The van der Waals surface area contributed by atoms with Crippen LogP contribution in [0.1, 0.15) is 51.3 Å². The maximum absolute atomic E-state index is 14.9. The number of hydrogen-bond donors (Lipinski definition) is 1. The number of Topliss-reactive ketones (excluding diaryl/α,β-unsaturated/α-hetero) is 2. The van der Waals surface area contributed by atoms with Crippen LogP contribution in [0.15, 0.2) is 103 Å². The highest BCUT2D eigenvalue weighted by Crippen LogP contribution is 2.58. The monoisotopic (exact) mass is 586 g/mol. The Labute approximate surface area is 256 Å². The zero-order valence-corrected chi connectivity index (χ0v) is 24.7. The normalized spacial score (nSPS) is 23.2. The Kier molecular flexibility index (Phi) is 6.59. The number of nitrogens with zero attached hydrogens (tertiary/aromatic N) is 1. The van der Waals surface area contributed by atoms with Gasteiger partial charge in [-0.3, -0.25) is 14.4 Å². The predicted molar refractivity (Wildman–Crippen MR) is 171 cm³/mol. The number of para-hydroxylation sites is 1. The number of amides is 1. The summed E-state index contributed by atoms with van der Waals surface area (Å²) in [7, 11) is 0. The summed E-state index contributed by atoms with van der Waals surface area (Å²) in [5.74, 6) is -1.23. The Morgan fingerprint density at radius 3 is 2.33 bits per heavy atom. The maximum atomic E-state index is 14.9. The lowest BCUT2D eigenvalue weighted by atomic mass is 9.64. The molecule has 0 saturated carbocycles. The van der Waals surface area contributed by atoms with Crippen molar-refractivity contribution < 1.29 is 14.4 Å². The van der Waals surface area contributed by atoms with Crippen LogP contribution in [0.5, 0.6) is 0 Å². The lowest BCUT2D eigenvalue weighted by Gasteiger charge is -2.37. The highest BCUT2D eigenvalue weighted by Gasteiger charge is 2.70. The molecule has 1 fully saturated rings. The van der Waals surface area contributed by atoms with Crippen LogP contribution in [-0.4, -0.2) is 29.6 Å². The summed E-state index contributed by atoms with van der Waals surface area (Å²) in [6.45, 7) is 4.32. The number of halogens is 1. The number of nitrogens with one attached hydrogen (secondary N) is 1. The number of hydrogen-bond acceptors (Lipinski definition) is 4. The molecule has 214 valence electrons. The van der Waals surface area contributed by atoms with Crippen LogP contribution >= 0.6 is 11.6 Å². The summed E-state index contributed by atoms with van der Waals surface area (Å²) in [6, 6.07) is 28.2. The van der Waals surface area contributed by atoms with Gasteiger partial charge in [0.1, 0.15) is 11.5 Å². The standard InChI is InChI=1S/C37H31ClN2O3/c1-22(2)20-23-12-14-25(15-13-23)34(41)32-33(35(42)24-8-4-3-5-9-24)40-30-18-17-27(38)21-26(30)16-19-31(40)37(32)28-10-6-7-11-29(28)39-36(37)43/h3-19,21-22,31-33H,20H2,1-2H3,(H,39,43)/t31-,32-,33+,37+/m0/s1. The Morgan fingerprint density at radius 1 is 0.884 bits per heavy atom. The molecule has 1 N–H and O–H groups in total. The van der Waals surface area contributed by atoms with Crippen molar-refractivity contribution in [3.63, 3.8) is 0 Å². The van der Waals surface area contributed by atoms with Crippen molar-refractivity contribution in [1.29, 1.82) is 0 Å². The number of carbonyl (C=O) groups is 3. The second kappa shape index (κ2) is 10.4. The fraction of sp³-hybridized carbons (Fsp3) is 0.216. The average molecular weight is 587 g/mol. The van der Waals surface area contributed by atoms with E-state index in [1.165, 1.54) is 0 Å². The fourth-order valence-electron chi connectivity index (χ4n) is 7.38. The van der Waals surface area contributed by atoms with E-state index in [-0.39, 0.29) is 17.5 Å². The second-order valence-corrected chi connectivity index (χ2v) is 12.5. The van der Waals surface area contributed by atoms with E-state index in [1.807, 2.05) is 95.9 Å². The SMILES string of the molecule is CC(C)Cc1ccc(C(=O)[C@@H]2[C@H](C(=O)c3ccccc3)N3c4ccc(Cl)cc4C=C[C@H]3[C@@]23C(=O)Nc2ccccc23)cc1. The van der Waals surface area contributed by atoms with Crippen LogP contribution in [0.2, 0.25) is 5.02 Å². The van der Waals surface area contributed by atoms with E-state index in [2.05, 4.69) is 19.2 Å². The van der Waals surface area contributed by atoms with Gasteiger partial charge in [0, 0.05) is 27.5 Å². The molecule has 3 aliphatic heterocycles. The molecule has 0 aromatic heterocycles. The quantitative estimate of drug-likeness (QED) is 0.239. The van der Waals surface area contributed by atoms with Gasteiger partial charge >= 0.3 is 0 Å². The Morgan fingerprint density at radius 2 is 1.58 bits per heavy atom. The maximum Gasteiger partial charge on any atom is 0.238 e. The zero-order chi connectivity index (χ0) is 29.9. The van der Waals surface area contributed by atoms with Gasteiger partial charge in [-0.05, 0) is 53.3 Å². The molecule has 4 aromatic rings. The number of fused-ring (bicyclic) bond motifs is 6. The molecule has 0 aliphatic carbocycles. The van der Waals surface area contributed by atoms with Crippen LogP contribution in [0.3, 0.4) is 0 Å². The third kappa shape index (κ3) is 4.17. The predicted octanol–water partition coefficient (Wildman–Crippen LogP) is 7.39. The molecule has 0 unspecified atom stereocenters. The lowest BCUT2D eigenvalue weighted by molar-refractivity contribution is -0.121. The topological polar surface area (TPSA) is 66.5 Å².